The van der Waals surface area contributed by atoms with Crippen LogP contribution in [-0.4, -0.2) is 44.5 Å². The fourth-order valence-corrected chi connectivity index (χ4v) is 1.65. The normalized spacial score (nSPS) is 23.1. The molecule has 3 N–H and O–H groups in total. The molecule has 1 heterocycles. The fourth-order valence-electron chi connectivity index (χ4n) is 1.65. The fraction of sp³-hybridized carbons (Fsp3) is 0.750. The number of ether oxygens (including phenoxy) is 1. The van der Waals surface area contributed by atoms with Crippen molar-refractivity contribution in [3.63, 3.8) is 0 Å². The maximum Gasteiger partial charge on any atom is 0.511 e. The summed E-state index contributed by atoms with van der Waals surface area (Å²) in [5.74, 6) is -0.510. The highest BCUT2D eigenvalue weighted by Gasteiger charge is 2.52. The van der Waals surface area contributed by atoms with Gasteiger partial charge in [0.15, 0.2) is 0 Å². The van der Waals surface area contributed by atoms with Crippen LogP contribution in [0, 0.1) is 0 Å². The van der Waals surface area contributed by atoms with E-state index < -0.39 is 30.3 Å². The average Bonchev–Trinajstić information content (AvgIpc) is 2.53. The van der Waals surface area contributed by atoms with Gasteiger partial charge in [-0.1, -0.05) is 0 Å². The molecular weight excluding hydrogens is 247 g/mol. The summed E-state index contributed by atoms with van der Waals surface area (Å²) in [6.07, 6.45) is 1.55. The zero-order valence-corrected chi connectivity index (χ0v) is 12.4. The third-order valence-corrected chi connectivity index (χ3v) is 3.63. The lowest BCUT2D eigenvalue weighted by atomic mass is 9.83. The zero-order chi connectivity index (χ0) is 14.8. The topological polar surface area (TPSA) is 82.8 Å². The van der Waals surface area contributed by atoms with E-state index in [0.717, 1.165) is 0 Å². The van der Waals surface area contributed by atoms with Gasteiger partial charge in [-0.05, 0) is 33.8 Å². The Bertz CT molecular complexity index is 366. The molecule has 0 saturated carbocycles. The van der Waals surface area contributed by atoms with Crippen LogP contribution in [0.4, 0.5) is 0 Å². The molecule has 0 aromatic carbocycles. The number of nitrogens with two attached hydrogens (primary N) is 1. The first-order valence-electron chi connectivity index (χ1n) is 6.23. The summed E-state index contributed by atoms with van der Waals surface area (Å²) < 4.78 is 16.3. The minimum atomic E-state index is -0.855. The van der Waals surface area contributed by atoms with Crippen molar-refractivity contribution in [2.45, 2.75) is 44.9 Å². The van der Waals surface area contributed by atoms with E-state index in [1.54, 1.807) is 13.1 Å². The largest absolute Gasteiger partial charge is 0.511 e. The second-order valence-electron chi connectivity index (χ2n) is 5.51. The molecule has 0 aliphatic carbocycles. The SMILES string of the molecule is CN/C(=C\C(N)C(=O)OC)B1OC(C)(C)C(C)(C)O1. The van der Waals surface area contributed by atoms with Gasteiger partial charge in [-0.3, -0.25) is 4.79 Å². The lowest BCUT2D eigenvalue weighted by Crippen LogP contribution is -2.41. The number of methoxy groups -OCH3 is 1. The van der Waals surface area contributed by atoms with Gasteiger partial charge in [0, 0.05) is 12.6 Å². The summed E-state index contributed by atoms with van der Waals surface area (Å²) in [6.45, 7) is 7.84. The van der Waals surface area contributed by atoms with Gasteiger partial charge in [0.1, 0.15) is 6.04 Å². The molecule has 0 bridgehead atoms. The number of hydrogen-bond donors (Lipinski definition) is 2. The van der Waals surface area contributed by atoms with Crippen molar-refractivity contribution >= 4 is 13.1 Å². The molecule has 1 rings (SSSR count). The lowest BCUT2D eigenvalue weighted by Gasteiger charge is -2.32. The van der Waals surface area contributed by atoms with Crippen LogP contribution < -0.4 is 11.1 Å². The first kappa shape index (κ1) is 16.0. The quantitative estimate of drug-likeness (QED) is 0.561. The molecule has 1 atom stereocenters. The number of hydrogen-bond acceptors (Lipinski definition) is 6. The van der Waals surface area contributed by atoms with Gasteiger partial charge in [-0.15, -0.1) is 0 Å². The first-order valence-corrected chi connectivity index (χ1v) is 6.23. The van der Waals surface area contributed by atoms with Crippen LogP contribution in [0.25, 0.3) is 0 Å². The summed E-state index contributed by atoms with van der Waals surface area (Å²) in [4.78, 5) is 11.3. The highest BCUT2D eigenvalue weighted by Crippen LogP contribution is 2.38. The van der Waals surface area contributed by atoms with Crippen LogP contribution in [0.1, 0.15) is 27.7 Å². The smallest absolute Gasteiger partial charge is 0.468 e. The summed E-state index contributed by atoms with van der Waals surface area (Å²) in [5, 5.41) is 2.95. The molecule has 1 saturated heterocycles. The summed E-state index contributed by atoms with van der Waals surface area (Å²) in [5.41, 5.74) is 5.43. The minimum Gasteiger partial charge on any atom is -0.468 e. The van der Waals surface area contributed by atoms with Crippen molar-refractivity contribution in [2.75, 3.05) is 14.2 Å². The van der Waals surface area contributed by atoms with Crippen LogP contribution in [-0.2, 0) is 18.8 Å². The first-order chi connectivity index (χ1) is 8.64. The number of esters is 1. The van der Waals surface area contributed by atoms with Crippen LogP contribution in [0.3, 0.4) is 0 Å². The molecule has 0 spiro atoms. The Labute approximate surface area is 114 Å². The van der Waals surface area contributed by atoms with Crippen molar-refractivity contribution < 1.29 is 18.8 Å². The molecule has 0 amide bonds. The maximum atomic E-state index is 11.3. The third kappa shape index (κ3) is 3.29. The molecule has 7 heteroatoms. The molecule has 0 aromatic heterocycles. The standard InChI is InChI=1S/C12H23BN2O4/c1-11(2)12(3,4)19-13(18-11)9(15-5)7-8(14)10(16)17-6/h7-8,15H,14H2,1-6H3/b9-7-. The van der Waals surface area contributed by atoms with E-state index in [0.29, 0.717) is 5.60 Å². The van der Waals surface area contributed by atoms with Crippen molar-refractivity contribution in [3.05, 3.63) is 11.7 Å². The van der Waals surface area contributed by atoms with Crippen LogP contribution in [0.2, 0.25) is 0 Å². The molecule has 108 valence electrons. The second-order valence-corrected chi connectivity index (χ2v) is 5.51. The Balaban J connectivity index is 2.89. The summed E-state index contributed by atoms with van der Waals surface area (Å²) in [7, 11) is 2.44. The Kier molecular flexibility index (Phi) is 4.65. The predicted octanol–water partition coefficient (Wildman–Crippen LogP) is 0.221. The number of carbonyl (C=O) groups excluding carboxylic acids is 1. The van der Waals surface area contributed by atoms with E-state index in [-0.39, 0.29) is 0 Å². The molecule has 0 aromatic rings. The number of rotatable bonds is 4. The van der Waals surface area contributed by atoms with E-state index in [1.165, 1.54) is 7.11 Å². The van der Waals surface area contributed by atoms with E-state index in [4.69, 9.17) is 15.0 Å². The highest BCUT2D eigenvalue weighted by molar-refractivity contribution is 6.54. The number of nitrogens with one attached hydrogen (secondary N) is 1. The van der Waals surface area contributed by atoms with Gasteiger partial charge < -0.3 is 25.1 Å². The number of carbonyl (C=O) groups is 1. The van der Waals surface area contributed by atoms with Crippen molar-refractivity contribution in [1.29, 1.82) is 0 Å². The Morgan fingerprint density at radius 1 is 1.32 bits per heavy atom. The van der Waals surface area contributed by atoms with Gasteiger partial charge in [-0.2, -0.15) is 0 Å². The van der Waals surface area contributed by atoms with Crippen LogP contribution >= 0.6 is 0 Å². The van der Waals surface area contributed by atoms with Crippen molar-refractivity contribution in [3.8, 4) is 0 Å². The summed E-state index contributed by atoms with van der Waals surface area (Å²) >= 11 is 0. The monoisotopic (exact) mass is 270 g/mol. The molecule has 6 nitrogen and oxygen atoms in total. The van der Waals surface area contributed by atoms with Crippen LogP contribution in [0.15, 0.2) is 11.7 Å². The van der Waals surface area contributed by atoms with Gasteiger partial charge in [0.05, 0.1) is 18.3 Å². The second kappa shape index (κ2) is 5.52. The van der Waals surface area contributed by atoms with E-state index in [1.807, 2.05) is 27.7 Å². The van der Waals surface area contributed by atoms with E-state index >= 15 is 0 Å². The Hall–Kier alpha value is -1.05. The van der Waals surface area contributed by atoms with E-state index in [9.17, 15) is 4.79 Å². The molecule has 1 aliphatic heterocycles. The third-order valence-electron chi connectivity index (χ3n) is 3.63. The molecule has 19 heavy (non-hydrogen) atoms. The van der Waals surface area contributed by atoms with Crippen molar-refractivity contribution in [2.24, 2.45) is 5.73 Å². The maximum absolute atomic E-state index is 11.3. The van der Waals surface area contributed by atoms with Gasteiger partial charge in [0.25, 0.3) is 0 Å². The molecule has 1 aliphatic rings. The van der Waals surface area contributed by atoms with Gasteiger partial charge >= 0.3 is 13.1 Å². The summed E-state index contributed by atoms with van der Waals surface area (Å²) in [6, 6.07) is -0.855. The Morgan fingerprint density at radius 2 is 1.79 bits per heavy atom. The van der Waals surface area contributed by atoms with Gasteiger partial charge in [0.2, 0.25) is 0 Å². The molecule has 0 radical (unpaired) electrons. The average molecular weight is 270 g/mol. The highest BCUT2D eigenvalue weighted by atomic mass is 16.7. The zero-order valence-electron chi connectivity index (χ0n) is 12.4. The van der Waals surface area contributed by atoms with Crippen molar-refractivity contribution in [1.82, 2.24) is 5.32 Å². The molecule has 1 unspecified atom stereocenters. The van der Waals surface area contributed by atoms with Crippen LogP contribution in [0.5, 0.6) is 0 Å². The Morgan fingerprint density at radius 3 is 2.16 bits per heavy atom. The van der Waals surface area contributed by atoms with Gasteiger partial charge in [-0.25, -0.2) is 0 Å². The molecular formula is C12H23BN2O4. The minimum absolute atomic E-state index is 0.442. The van der Waals surface area contributed by atoms with E-state index in [2.05, 4.69) is 10.1 Å². The molecule has 1 fully saturated rings. The predicted molar refractivity (Wildman–Crippen MR) is 73.2 cm³/mol. The lowest BCUT2D eigenvalue weighted by molar-refractivity contribution is -0.140.